The van der Waals surface area contributed by atoms with Crippen LogP contribution in [0.25, 0.3) is 0 Å². The Labute approximate surface area is 95.3 Å². The lowest BCUT2D eigenvalue weighted by atomic mass is 10.0. The molecule has 1 atom stereocenters. The monoisotopic (exact) mass is 226 g/mol. The Balaban J connectivity index is 1.88. The summed E-state index contributed by atoms with van der Waals surface area (Å²) in [5, 5.41) is 0. The zero-order chi connectivity index (χ0) is 11.5. The summed E-state index contributed by atoms with van der Waals surface area (Å²) in [5.74, 6) is -0.843. The number of piperidine rings is 1. The molecule has 0 spiro atoms. The fraction of sp³-hybridized carbons (Fsp3) is 0.818. The summed E-state index contributed by atoms with van der Waals surface area (Å²) < 4.78 is 4.50. The lowest BCUT2D eigenvalue weighted by Crippen LogP contribution is -2.50. The molecule has 0 aliphatic carbocycles. The van der Waals surface area contributed by atoms with Gasteiger partial charge in [-0.1, -0.05) is 6.42 Å². The molecule has 0 aromatic carbocycles. The van der Waals surface area contributed by atoms with Crippen molar-refractivity contribution in [2.24, 2.45) is 0 Å². The Morgan fingerprint density at radius 1 is 1.25 bits per heavy atom. The number of esters is 2. The molecule has 0 amide bonds. The zero-order valence-corrected chi connectivity index (χ0v) is 9.65. The van der Waals surface area contributed by atoms with Crippen molar-refractivity contribution in [1.82, 2.24) is 9.80 Å². The van der Waals surface area contributed by atoms with Crippen molar-refractivity contribution in [3.63, 3.8) is 0 Å². The van der Waals surface area contributed by atoms with E-state index >= 15 is 0 Å². The van der Waals surface area contributed by atoms with E-state index in [1.165, 1.54) is 12.8 Å². The van der Waals surface area contributed by atoms with Gasteiger partial charge in [0.15, 0.2) is 0 Å². The van der Waals surface area contributed by atoms with Gasteiger partial charge in [-0.25, -0.2) is 0 Å². The van der Waals surface area contributed by atoms with Gasteiger partial charge in [0.05, 0.1) is 13.1 Å². The molecule has 2 aliphatic rings. The van der Waals surface area contributed by atoms with Crippen LogP contribution in [-0.4, -0.2) is 61.0 Å². The molecule has 2 heterocycles. The Kier molecular flexibility index (Phi) is 3.56. The highest BCUT2D eigenvalue weighted by atomic mass is 16.6. The Bertz CT molecular complexity index is 277. The van der Waals surface area contributed by atoms with E-state index in [9.17, 15) is 9.59 Å². The minimum Gasteiger partial charge on any atom is -0.391 e. The predicted octanol–water partition coefficient (Wildman–Crippen LogP) is -0.144. The van der Waals surface area contributed by atoms with Gasteiger partial charge in [-0.3, -0.25) is 14.5 Å². The summed E-state index contributed by atoms with van der Waals surface area (Å²) in [7, 11) is 2.11. The summed E-state index contributed by atoms with van der Waals surface area (Å²) in [6, 6.07) is 0.465. The smallest absolute Gasteiger partial charge is 0.327 e. The second-order valence-corrected chi connectivity index (χ2v) is 4.65. The zero-order valence-electron chi connectivity index (χ0n) is 9.65. The SMILES string of the molecule is CN1CCCCC1CN1CC(=O)OC(=O)C1. The van der Waals surface area contributed by atoms with Crippen molar-refractivity contribution in [3.05, 3.63) is 0 Å². The van der Waals surface area contributed by atoms with Gasteiger partial charge in [-0.15, -0.1) is 0 Å². The van der Waals surface area contributed by atoms with E-state index in [-0.39, 0.29) is 13.1 Å². The molecular weight excluding hydrogens is 208 g/mol. The highest BCUT2D eigenvalue weighted by Gasteiger charge is 2.28. The molecule has 2 fully saturated rings. The highest BCUT2D eigenvalue weighted by Crippen LogP contribution is 2.16. The molecule has 0 saturated carbocycles. The molecule has 2 rings (SSSR count). The van der Waals surface area contributed by atoms with Crippen molar-refractivity contribution in [1.29, 1.82) is 0 Å². The number of nitrogens with zero attached hydrogens (tertiary/aromatic N) is 2. The molecule has 1 unspecified atom stereocenters. The van der Waals surface area contributed by atoms with E-state index in [1.807, 2.05) is 4.90 Å². The molecule has 2 aliphatic heterocycles. The van der Waals surface area contributed by atoms with Crippen LogP contribution in [0.1, 0.15) is 19.3 Å². The van der Waals surface area contributed by atoms with E-state index < -0.39 is 11.9 Å². The normalized spacial score (nSPS) is 29.2. The maximum Gasteiger partial charge on any atom is 0.327 e. The van der Waals surface area contributed by atoms with Crippen LogP contribution in [0, 0.1) is 0 Å². The fourth-order valence-electron chi connectivity index (χ4n) is 2.41. The van der Waals surface area contributed by atoms with Crippen molar-refractivity contribution < 1.29 is 14.3 Å². The first kappa shape index (κ1) is 11.5. The van der Waals surface area contributed by atoms with Gasteiger partial charge < -0.3 is 9.64 Å². The first-order chi connectivity index (χ1) is 7.65. The summed E-state index contributed by atoms with van der Waals surface area (Å²) in [5.41, 5.74) is 0. The first-order valence-corrected chi connectivity index (χ1v) is 5.81. The van der Waals surface area contributed by atoms with E-state index in [2.05, 4.69) is 16.7 Å². The maximum atomic E-state index is 11.1. The molecular formula is C11H18N2O3. The lowest BCUT2D eigenvalue weighted by Gasteiger charge is -2.36. The van der Waals surface area contributed by atoms with Crippen LogP contribution in [0.3, 0.4) is 0 Å². The number of likely N-dealkylation sites (tertiary alicyclic amines) is 1. The third-order valence-corrected chi connectivity index (χ3v) is 3.32. The Morgan fingerprint density at radius 2 is 1.94 bits per heavy atom. The van der Waals surface area contributed by atoms with Crippen LogP contribution >= 0.6 is 0 Å². The minimum atomic E-state index is -0.422. The average Bonchev–Trinajstić information content (AvgIpc) is 2.20. The Morgan fingerprint density at radius 3 is 2.56 bits per heavy atom. The summed E-state index contributed by atoms with van der Waals surface area (Å²) >= 11 is 0. The molecule has 0 radical (unpaired) electrons. The Hall–Kier alpha value is -0.940. The largest absolute Gasteiger partial charge is 0.391 e. The summed E-state index contributed by atoms with van der Waals surface area (Å²) in [6.45, 7) is 2.39. The standard InChI is InChI=1S/C11H18N2O3/c1-12-5-3-2-4-9(12)6-13-7-10(14)16-11(15)8-13/h9H,2-8H2,1H3. The molecule has 0 bridgehead atoms. The maximum absolute atomic E-state index is 11.1. The topological polar surface area (TPSA) is 49.9 Å². The number of hydrogen-bond donors (Lipinski definition) is 0. The number of likely N-dealkylation sites (N-methyl/N-ethyl adjacent to an activating group) is 1. The molecule has 5 nitrogen and oxygen atoms in total. The number of carbonyl (C=O) groups excluding carboxylic acids is 2. The van der Waals surface area contributed by atoms with Gasteiger partial charge in [0.25, 0.3) is 0 Å². The molecule has 5 heteroatoms. The van der Waals surface area contributed by atoms with Crippen LogP contribution in [0.15, 0.2) is 0 Å². The number of hydrogen-bond acceptors (Lipinski definition) is 5. The van der Waals surface area contributed by atoms with Crippen LogP contribution in [-0.2, 0) is 14.3 Å². The van der Waals surface area contributed by atoms with E-state index in [4.69, 9.17) is 0 Å². The lowest BCUT2D eigenvalue weighted by molar-refractivity contribution is -0.167. The van der Waals surface area contributed by atoms with Crippen molar-refractivity contribution in [2.45, 2.75) is 25.3 Å². The van der Waals surface area contributed by atoms with Gasteiger partial charge in [0.1, 0.15) is 0 Å². The second-order valence-electron chi connectivity index (χ2n) is 4.65. The van der Waals surface area contributed by atoms with Crippen LogP contribution in [0.4, 0.5) is 0 Å². The third-order valence-electron chi connectivity index (χ3n) is 3.32. The first-order valence-electron chi connectivity index (χ1n) is 5.81. The second kappa shape index (κ2) is 4.93. The van der Waals surface area contributed by atoms with Gasteiger partial charge in [-0.05, 0) is 26.4 Å². The quantitative estimate of drug-likeness (QED) is 0.484. The van der Waals surface area contributed by atoms with Gasteiger partial charge >= 0.3 is 11.9 Å². The van der Waals surface area contributed by atoms with Crippen LogP contribution in [0.2, 0.25) is 0 Å². The van der Waals surface area contributed by atoms with Gasteiger partial charge in [0, 0.05) is 12.6 Å². The number of rotatable bonds is 2. The fourth-order valence-corrected chi connectivity index (χ4v) is 2.41. The van der Waals surface area contributed by atoms with E-state index in [0.717, 1.165) is 19.5 Å². The molecule has 0 N–H and O–H groups in total. The third kappa shape index (κ3) is 2.80. The molecule has 0 aromatic heterocycles. The molecule has 0 aromatic rings. The van der Waals surface area contributed by atoms with Crippen LogP contribution < -0.4 is 0 Å². The van der Waals surface area contributed by atoms with E-state index in [1.54, 1.807) is 0 Å². The van der Waals surface area contributed by atoms with Crippen molar-refractivity contribution in [2.75, 3.05) is 33.2 Å². The van der Waals surface area contributed by atoms with Gasteiger partial charge in [0.2, 0.25) is 0 Å². The number of cyclic esters (lactones) is 2. The van der Waals surface area contributed by atoms with Gasteiger partial charge in [-0.2, -0.15) is 0 Å². The van der Waals surface area contributed by atoms with Crippen LogP contribution in [0.5, 0.6) is 0 Å². The summed E-state index contributed by atoms with van der Waals surface area (Å²) in [6.07, 6.45) is 3.63. The van der Waals surface area contributed by atoms with Crippen molar-refractivity contribution >= 4 is 11.9 Å². The van der Waals surface area contributed by atoms with E-state index in [0.29, 0.717) is 6.04 Å². The predicted molar refractivity (Wildman–Crippen MR) is 57.8 cm³/mol. The number of ether oxygens (including phenoxy) is 1. The highest BCUT2D eigenvalue weighted by molar-refractivity contribution is 5.90. The van der Waals surface area contributed by atoms with Crippen molar-refractivity contribution in [3.8, 4) is 0 Å². The average molecular weight is 226 g/mol. The minimum absolute atomic E-state index is 0.246. The molecule has 16 heavy (non-hydrogen) atoms. The molecule has 2 saturated heterocycles. The summed E-state index contributed by atoms with van der Waals surface area (Å²) in [4.78, 5) is 26.4. The number of carbonyl (C=O) groups is 2. The molecule has 90 valence electrons. The number of morpholine rings is 1.